The van der Waals surface area contributed by atoms with E-state index in [-0.39, 0.29) is 23.7 Å². The third-order valence-corrected chi connectivity index (χ3v) is 1.97. The van der Waals surface area contributed by atoms with Gasteiger partial charge in [-0.25, -0.2) is 4.79 Å². The molecular weight excluding hydrogens is 142 g/mol. The van der Waals surface area contributed by atoms with Crippen molar-refractivity contribution in [2.24, 2.45) is 5.41 Å². The van der Waals surface area contributed by atoms with Crippen molar-refractivity contribution in [1.29, 1.82) is 0 Å². The van der Waals surface area contributed by atoms with Crippen LogP contribution in [0.2, 0.25) is 0 Å². The van der Waals surface area contributed by atoms with Crippen LogP contribution in [-0.2, 0) is 4.74 Å². The number of hydrogen-bond donors (Lipinski definition) is 1. The lowest BCUT2D eigenvalue weighted by Crippen LogP contribution is -2.41. The number of hydrogen-bond acceptors (Lipinski definition) is 2. The smallest absolute Gasteiger partial charge is 0.407 e. The molecule has 1 rings (SSSR count). The van der Waals surface area contributed by atoms with E-state index in [2.05, 4.69) is 26.1 Å². The van der Waals surface area contributed by atoms with Crippen LogP contribution in [0.3, 0.4) is 0 Å². The summed E-state index contributed by atoms with van der Waals surface area (Å²) in [4.78, 5) is 10.8. The topological polar surface area (TPSA) is 38.3 Å². The van der Waals surface area contributed by atoms with Crippen LogP contribution in [0.25, 0.3) is 0 Å². The van der Waals surface area contributed by atoms with Gasteiger partial charge in [-0.15, -0.1) is 0 Å². The van der Waals surface area contributed by atoms with Crippen molar-refractivity contribution in [3.63, 3.8) is 0 Å². The van der Waals surface area contributed by atoms with Crippen molar-refractivity contribution in [3.8, 4) is 0 Å². The molecule has 3 heteroatoms. The molecule has 0 aromatic carbocycles. The van der Waals surface area contributed by atoms with E-state index in [1.807, 2.05) is 6.92 Å². The second-order valence-corrected chi connectivity index (χ2v) is 4.10. The Balaban J connectivity index is 2.67. The molecule has 1 amide bonds. The van der Waals surface area contributed by atoms with Crippen LogP contribution < -0.4 is 5.32 Å². The second-order valence-electron chi connectivity index (χ2n) is 4.10. The van der Waals surface area contributed by atoms with Crippen LogP contribution in [0.4, 0.5) is 4.79 Å². The predicted octanol–water partition coefficient (Wildman–Crippen LogP) is 1.53. The zero-order valence-corrected chi connectivity index (χ0v) is 7.47. The third-order valence-electron chi connectivity index (χ3n) is 1.97. The van der Waals surface area contributed by atoms with Crippen molar-refractivity contribution in [3.05, 3.63) is 0 Å². The number of carbonyl (C=O) groups is 1. The molecule has 0 bridgehead atoms. The molecule has 11 heavy (non-hydrogen) atoms. The average Bonchev–Trinajstić information content (AvgIpc) is 2.08. The molecule has 0 unspecified atom stereocenters. The molecule has 1 aliphatic rings. The van der Waals surface area contributed by atoms with E-state index in [1.54, 1.807) is 0 Å². The summed E-state index contributed by atoms with van der Waals surface area (Å²) in [6, 6.07) is 0.134. The summed E-state index contributed by atoms with van der Waals surface area (Å²) in [7, 11) is 0. The predicted molar refractivity (Wildman–Crippen MR) is 42.3 cm³/mol. The second kappa shape index (κ2) is 2.40. The van der Waals surface area contributed by atoms with E-state index in [9.17, 15) is 4.79 Å². The Kier molecular flexibility index (Phi) is 1.82. The van der Waals surface area contributed by atoms with E-state index in [4.69, 9.17) is 4.74 Å². The van der Waals surface area contributed by atoms with Gasteiger partial charge >= 0.3 is 6.09 Å². The van der Waals surface area contributed by atoms with Crippen molar-refractivity contribution in [1.82, 2.24) is 5.32 Å². The molecule has 0 aliphatic carbocycles. The van der Waals surface area contributed by atoms with Crippen LogP contribution in [0.5, 0.6) is 0 Å². The van der Waals surface area contributed by atoms with Gasteiger partial charge in [0, 0.05) is 0 Å². The fourth-order valence-electron chi connectivity index (χ4n) is 1.44. The third kappa shape index (κ3) is 1.64. The number of nitrogens with one attached hydrogen (secondary N) is 1. The Morgan fingerprint density at radius 3 is 2.18 bits per heavy atom. The van der Waals surface area contributed by atoms with Crippen LogP contribution in [0, 0.1) is 5.41 Å². The summed E-state index contributed by atoms with van der Waals surface area (Å²) in [5.74, 6) is 0. The Morgan fingerprint density at radius 2 is 2.00 bits per heavy atom. The first kappa shape index (κ1) is 8.37. The average molecular weight is 157 g/mol. The molecule has 1 N–H and O–H groups in total. The van der Waals surface area contributed by atoms with E-state index in [0.717, 1.165) is 0 Å². The summed E-state index contributed by atoms with van der Waals surface area (Å²) < 4.78 is 4.95. The standard InChI is InChI=1S/C8H15NO2/c1-5-6(8(2,3)4)9-7(10)11-5/h5-6H,1-4H3,(H,9,10)/t5-,6-/m1/s1. The summed E-state index contributed by atoms with van der Waals surface area (Å²) in [5, 5.41) is 2.78. The first-order valence-electron chi connectivity index (χ1n) is 3.88. The molecule has 0 spiro atoms. The lowest BCUT2D eigenvalue weighted by Gasteiger charge is -2.27. The Morgan fingerprint density at radius 1 is 1.45 bits per heavy atom. The highest BCUT2D eigenvalue weighted by Gasteiger charge is 2.38. The van der Waals surface area contributed by atoms with Gasteiger partial charge in [-0.2, -0.15) is 0 Å². The van der Waals surface area contributed by atoms with Gasteiger partial charge in [0.1, 0.15) is 6.10 Å². The van der Waals surface area contributed by atoms with Gasteiger partial charge in [-0.1, -0.05) is 20.8 Å². The fourth-order valence-corrected chi connectivity index (χ4v) is 1.44. The largest absolute Gasteiger partial charge is 0.444 e. The molecule has 1 fully saturated rings. The van der Waals surface area contributed by atoms with E-state index < -0.39 is 0 Å². The van der Waals surface area contributed by atoms with Crippen LogP contribution in [0.1, 0.15) is 27.7 Å². The van der Waals surface area contributed by atoms with Crippen LogP contribution >= 0.6 is 0 Å². The Bertz CT molecular complexity index is 171. The first-order chi connectivity index (χ1) is 4.91. The zero-order chi connectivity index (χ0) is 8.65. The van der Waals surface area contributed by atoms with Gasteiger partial charge in [0.2, 0.25) is 0 Å². The van der Waals surface area contributed by atoms with Gasteiger partial charge < -0.3 is 10.1 Å². The zero-order valence-electron chi connectivity index (χ0n) is 7.47. The number of cyclic esters (lactones) is 1. The van der Waals surface area contributed by atoms with E-state index in [0.29, 0.717) is 0 Å². The first-order valence-corrected chi connectivity index (χ1v) is 3.88. The highest BCUT2D eigenvalue weighted by molar-refractivity contribution is 5.70. The monoisotopic (exact) mass is 157 g/mol. The minimum absolute atomic E-state index is 0.0116. The molecule has 1 aliphatic heterocycles. The normalized spacial score (nSPS) is 31.5. The number of carbonyl (C=O) groups excluding carboxylic acids is 1. The van der Waals surface area contributed by atoms with Crippen molar-refractivity contribution >= 4 is 6.09 Å². The molecule has 0 saturated carbocycles. The fraction of sp³-hybridized carbons (Fsp3) is 0.875. The van der Waals surface area contributed by atoms with Crippen molar-refractivity contribution in [2.45, 2.75) is 39.8 Å². The Hall–Kier alpha value is -0.730. The van der Waals surface area contributed by atoms with Gasteiger partial charge in [0.15, 0.2) is 0 Å². The summed E-state index contributed by atoms with van der Waals surface area (Å²) in [5.41, 5.74) is 0.0750. The minimum atomic E-state index is -0.294. The highest BCUT2D eigenvalue weighted by Crippen LogP contribution is 2.26. The molecule has 2 atom stereocenters. The lowest BCUT2D eigenvalue weighted by molar-refractivity contribution is 0.123. The molecule has 1 heterocycles. The molecule has 64 valence electrons. The van der Waals surface area contributed by atoms with E-state index >= 15 is 0 Å². The molecule has 1 saturated heterocycles. The van der Waals surface area contributed by atoms with Gasteiger partial charge in [0.25, 0.3) is 0 Å². The number of amides is 1. The SMILES string of the molecule is C[C@H]1OC(=O)N[C@H]1C(C)(C)C. The number of ether oxygens (including phenoxy) is 1. The number of rotatable bonds is 0. The summed E-state index contributed by atoms with van der Waals surface area (Å²) in [6.45, 7) is 8.17. The van der Waals surface area contributed by atoms with E-state index in [1.165, 1.54) is 0 Å². The molecule has 0 radical (unpaired) electrons. The molecular formula is C8H15NO2. The van der Waals surface area contributed by atoms with Crippen molar-refractivity contribution < 1.29 is 9.53 Å². The summed E-state index contributed by atoms with van der Waals surface area (Å²) >= 11 is 0. The molecule has 0 aromatic rings. The number of alkyl carbamates (subject to hydrolysis) is 1. The van der Waals surface area contributed by atoms with Gasteiger partial charge in [0.05, 0.1) is 6.04 Å². The van der Waals surface area contributed by atoms with Crippen LogP contribution in [0.15, 0.2) is 0 Å². The maximum Gasteiger partial charge on any atom is 0.407 e. The Labute approximate surface area is 67.1 Å². The van der Waals surface area contributed by atoms with Gasteiger partial charge in [-0.3, -0.25) is 0 Å². The quantitative estimate of drug-likeness (QED) is 0.579. The maximum absolute atomic E-state index is 10.8. The van der Waals surface area contributed by atoms with Crippen molar-refractivity contribution in [2.75, 3.05) is 0 Å². The maximum atomic E-state index is 10.8. The minimum Gasteiger partial charge on any atom is -0.444 e. The lowest BCUT2D eigenvalue weighted by atomic mass is 9.84. The van der Waals surface area contributed by atoms with Gasteiger partial charge in [-0.05, 0) is 12.3 Å². The summed E-state index contributed by atoms with van der Waals surface area (Å²) in [6.07, 6.45) is -0.306. The highest BCUT2D eigenvalue weighted by atomic mass is 16.6. The molecule has 3 nitrogen and oxygen atoms in total. The van der Waals surface area contributed by atoms with Crippen LogP contribution in [-0.4, -0.2) is 18.2 Å². The molecule has 0 aromatic heterocycles.